The molecule has 2 aliphatic heterocycles. The standard InChI is InChI=1S/C17H21IN2OS/c1-12(21)20-8-5-14-9-17(15(18)10-16(14)20)22-11-13-3-6-19(2)7-4-13/h3,9-10H,4-8,11H2,1-2H3. The number of thioether (sulfide) groups is 1. The molecule has 2 heterocycles. The van der Waals surface area contributed by atoms with Gasteiger partial charge in [0.1, 0.15) is 0 Å². The SMILES string of the molecule is CC(=O)N1CCc2cc(SCC3=CCN(C)CC3)c(I)cc21. The Kier molecular flexibility index (Phi) is 5.14. The molecular weight excluding hydrogens is 407 g/mol. The van der Waals surface area contributed by atoms with E-state index in [2.05, 4.69) is 52.7 Å². The average Bonchev–Trinajstić information content (AvgIpc) is 2.89. The molecule has 2 aliphatic rings. The quantitative estimate of drug-likeness (QED) is 0.418. The molecule has 1 aromatic carbocycles. The second-order valence-corrected chi connectivity index (χ2v) is 8.17. The van der Waals surface area contributed by atoms with Gasteiger partial charge in [0.25, 0.3) is 0 Å². The van der Waals surface area contributed by atoms with Crippen molar-refractivity contribution in [3.05, 3.63) is 32.9 Å². The van der Waals surface area contributed by atoms with E-state index in [0.717, 1.165) is 31.0 Å². The van der Waals surface area contributed by atoms with Gasteiger partial charge in [0.05, 0.1) is 0 Å². The van der Waals surface area contributed by atoms with E-state index in [1.807, 2.05) is 16.7 Å². The molecule has 0 bridgehead atoms. The van der Waals surface area contributed by atoms with Crippen LogP contribution in [0, 0.1) is 3.57 Å². The van der Waals surface area contributed by atoms with Crippen molar-refractivity contribution >= 4 is 45.9 Å². The fourth-order valence-corrected chi connectivity index (χ4v) is 4.88. The first kappa shape index (κ1) is 16.3. The van der Waals surface area contributed by atoms with Crippen LogP contribution in [0.1, 0.15) is 18.9 Å². The van der Waals surface area contributed by atoms with Gasteiger partial charge in [0.2, 0.25) is 5.91 Å². The van der Waals surface area contributed by atoms with Gasteiger partial charge in [0.15, 0.2) is 0 Å². The minimum absolute atomic E-state index is 0.145. The topological polar surface area (TPSA) is 23.6 Å². The number of likely N-dealkylation sites (N-methyl/N-ethyl adjacent to an activating group) is 1. The van der Waals surface area contributed by atoms with E-state index in [1.165, 1.54) is 27.0 Å². The van der Waals surface area contributed by atoms with Crippen molar-refractivity contribution < 1.29 is 4.79 Å². The van der Waals surface area contributed by atoms with Crippen LogP contribution in [0.5, 0.6) is 0 Å². The molecule has 118 valence electrons. The number of benzene rings is 1. The molecule has 3 rings (SSSR count). The zero-order chi connectivity index (χ0) is 15.7. The first-order valence-corrected chi connectivity index (χ1v) is 9.71. The zero-order valence-corrected chi connectivity index (χ0v) is 16.0. The van der Waals surface area contributed by atoms with E-state index in [4.69, 9.17) is 0 Å². The molecule has 0 N–H and O–H groups in total. The number of hydrogen-bond donors (Lipinski definition) is 0. The van der Waals surface area contributed by atoms with Gasteiger partial charge in [-0.3, -0.25) is 4.79 Å². The maximum atomic E-state index is 11.7. The summed E-state index contributed by atoms with van der Waals surface area (Å²) in [5.41, 5.74) is 3.99. The minimum atomic E-state index is 0.145. The lowest BCUT2D eigenvalue weighted by Gasteiger charge is -2.22. The summed E-state index contributed by atoms with van der Waals surface area (Å²) in [4.78, 5) is 17.3. The van der Waals surface area contributed by atoms with Gasteiger partial charge in [-0.1, -0.05) is 11.6 Å². The lowest BCUT2D eigenvalue weighted by molar-refractivity contribution is -0.116. The van der Waals surface area contributed by atoms with Crippen molar-refractivity contribution in [2.75, 3.05) is 37.3 Å². The van der Waals surface area contributed by atoms with E-state index < -0.39 is 0 Å². The van der Waals surface area contributed by atoms with E-state index >= 15 is 0 Å². The molecule has 0 saturated heterocycles. The molecule has 0 fully saturated rings. The molecule has 0 saturated carbocycles. The summed E-state index contributed by atoms with van der Waals surface area (Å²) in [5.74, 6) is 1.23. The molecule has 22 heavy (non-hydrogen) atoms. The van der Waals surface area contributed by atoms with Crippen molar-refractivity contribution in [2.45, 2.75) is 24.7 Å². The Morgan fingerprint density at radius 3 is 2.82 bits per heavy atom. The highest BCUT2D eigenvalue weighted by Gasteiger charge is 2.23. The molecule has 0 radical (unpaired) electrons. The summed E-state index contributed by atoms with van der Waals surface area (Å²) in [5, 5.41) is 0. The first-order chi connectivity index (χ1) is 10.5. The van der Waals surface area contributed by atoms with Crippen molar-refractivity contribution in [1.29, 1.82) is 0 Å². The molecule has 0 spiro atoms. The third-order valence-corrected chi connectivity index (χ3v) is 6.75. The van der Waals surface area contributed by atoms with E-state index in [-0.39, 0.29) is 5.91 Å². The Bertz CT molecular complexity index is 629. The largest absolute Gasteiger partial charge is 0.312 e. The monoisotopic (exact) mass is 428 g/mol. The number of carbonyl (C=O) groups excluding carboxylic acids is 1. The molecule has 5 heteroatoms. The van der Waals surface area contributed by atoms with E-state index in [0.29, 0.717) is 0 Å². The van der Waals surface area contributed by atoms with E-state index in [9.17, 15) is 4.79 Å². The van der Waals surface area contributed by atoms with Crippen LogP contribution in [0.25, 0.3) is 0 Å². The van der Waals surface area contributed by atoms with Crippen molar-refractivity contribution in [3.8, 4) is 0 Å². The Hall–Kier alpha value is -0.530. The Morgan fingerprint density at radius 1 is 1.32 bits per heavy atom. The number of anilines is 1. The second kappa shape index (κ2) is 6.93. The third kappa shape index (κ3) is 3.51. The smallest absolute Gasteiger partial charge is 0.223 e. The van der Waals surface area contributed by atoms with Gasteiger partial charge >= 0.3 is 0 Å². The van der Waals surface area contributed by atoms with Crippen LogP contribution in [0.2, 0.25) is 0 Å². The van der Waals surface area contributed by atoms with Crippen molar-refractivity contribution in [2.24, 2.45) is 0 Å². The fourth-order valence-electron chi connectivity index (χ4n) is 2.94. The predicted molar refractivity (Wildman–Crippen MR) is 102 cm³/mol. The van der Waals surface area contributed by atoms with Crippen LogP contribution in [0.4, 0.5) is 5.69 Å². The van der Waals surface area contributed by atoms with Crippen molar-refractivity contribution in [3.63, 3.8) is 0 Å². The van der Waals surface area contributed by atoms with Crippen LogP contribution in [0.15, 0.2) is 28.7 Å². The van der Waals surface area contributed by atoms with Crippen LogP contribution < -0.4 is 4.90 Å². The van der Waals surface area contributed by atoms with Gasteiger partial charge in [0, 0.05) is 46.5 Å². The lowest BCUT2D eigenvalue weighted by atomic mass is 10.1. The summed E-state index contributed by atoms with van der Waals surface area (Å²) >= 11 is 4.33. The maximum Gasteiger partial charge on any atom is 0.223 e. The Morgan fingerprint density at radius 2 is 2.14 bits per heavy atom. The number of rotatable bonds is 3. The highest BCUT2D eigenvalue weighted by molar-refractivity contribution is 14.1. The molecule has 0 aromatic heterocycles. The Balaban J connectivity index is 1.72. The summed E-state index contributed by atoms with van der Waals surface area (Å²) < 4.78 is 1.25. The summed E-state index contributed by atoms with van der Waals surface area (Å²) in [7, 11) is 2.17. The van der Waals surface area contributed by atoms with Crippen LogP contribution in [-0.2, 0) is 11.2 Å². The predicted octanol–water partition coefficient (Wildman–Crippen LogP) is 3.55. The number of carbonyl (C=O) groups is 1. The molecule has 3 nitrogen and oxygen atoms in total. The summed E-state index contributed by atoms with van der Waals surface area (Å²) in [6.45, 7) is 4.72. The van der Waals surface area contributed by atoms with Crippen LogP contribution in [-0.4, -0.2) is 43.2 Å². The zero-order valence-electron chi connectivity index (χ0n) is 13.1. The number of fused-ring (bicyclic) bond motifs is 1. The van der Waals surface area contributed by atoms with Gasteiger partial charge in [-0.05, 0) is 60.2 Å². The molecule has 0 unspecified atom stereocenters. The van der Waals surface area contributed by atoms with Gasteiger partial charge in [-0.15, -0.1) is 11.8 Å². The fraction of sp³-hybridized carbons (Fsp3) is 0.471. The van der Waals surface area contributed by atoms with Crippen molar-refractivity contribution in [1.82, 2.24) is 4.90 Å². The normalized spacial score (nSPS) is 18.3. The van der Waals surface area contributed by atoms with Gasteiger partial charge in [-0.2, -0.15) is 0 Å². The van der Waals surface area contributed by atoms with Crippen LogP contribution >= 0.6 is 34.4 Å². The van der Waals surface area contributed by atoms with Gasteiger partial charge < -0.3 is 9.80 Å². The molecule has 1 amide bonds. The average molecular weight is 428 g/mol. The number of hydrogen-bond acceptors (Lipinski definition) is 3. The number of nitrogens with zero attached hydrogens (tertiary/aromatic N) is 2. The number of halogens is 1. The highest BCUT2D eigenvalue weighted by Crippen LogP contribution is 2.36. The van der Waals surface area contributed by atoms with Gasteiger partial charge in [-0.25, -0.2) is 0 Å². The maximum absolute atomic E-state index is 11.7. The van der Waals surface area contributed by atoms with E-state index in [1.54, 1.807) is 12.5 Å². The Labute approximate surface area is 150 Å². The molecule has 0 aliphatic carbocycles. The summed E-state index contributed by atoms with van der Waals surface area (Å²) in [6, 6.07) is 4.47. The second-order valence-electron chi connectivity index (χ2n) is 6.00. The molecular formula is C17H21IN2OS. The molecule has 0 atom stereocenters. The number of amides is 1. The summed E-state index contributed by atoms with van der Waals surface area (Å²) in [6.07, 6.45) is 4.53. The lowest BCUT2D eigenvalue weighted by Crippen LogP contribution is -2.25. The third-order valence-electron chi connectivity index (χ3n) is 4.33. The first-order valence-electron chi connectivity index (χ1n) is 7.64. The molecule has 1 aromatic rings. The minimum Gasteiger partial charge on any atom is -0.312 e. The van der Waals surface area contributed by atoms with Crippen LogP contribution in [0.3, 0.4) is 0 Å². The highest BCUT2D eigenvalue weighted by atomic mass is 127.